The highest BCUT2D eigenvalue weighted by Crippen LogP contribution is 2.17. The van der Waals surface area contributed by atoms with E-state index in [0.717, 1.165) is 4.90 Å². The lowest BCUT2D eigenvalue weighted by molar-refractivity contribution is -0.143. The quantitative estimate of drug-likeness (QED) is 0.794. The molecule has 0 saturated carbocycles. The maximum atomic E-state index is 12.2. The first-order valence-electron chi connectivity index (χ1n) is 6.57. The van der Waals surface area contributed by atoms with Crippen LogP contribution in [0, 0.1) is 5.92 Å². The van der Waals surface area contributed by atoms with Crippen molar-refractivity contribution in [3.63, 3.8) is 0 Å². The fraction of sp³-hybridized carbons (Fsp3) is 0.333. The van der Waals surface area contributed by atoms with Crippen molar-refractivity contribution >= 4 is 34.9 Å². The van der Waals surface area contributed by atoms with Gasteiger partial charge in [-0.2, -0.15) is 0 Å². The predicted molar refractivity (Wildman–Crippen MR) is 76.2 cm³/mol. The Hall–Kier alpha value is -2.01. The number of rotatable bonds is 3. The average Bonchev–Trinajstić information content (AvgIpc) is 2.46. The normalized spacial score (nSPS) is 16.2. The lowest BCUT2D eigenvalue weighted by Gasteiger charge is -2.29. The molecule has 1 fully saturated rings. The van der Waals surface area contributed by atoms with Crippen molar-refractivity contribution in [2.45, 2.75) is 13.3 Å². The van der Waals surface area contributed by atoms with Gasteiger partial charge in [0.25, 0.3) is 5.91 Å². The molecule has 0 bridgehead atoms. The van der Waals surface area contributed by atoms with Gasteiger partial charge in [0.2, 0.25) is 0 Å². The van der Waals surface area contributed by atoms with Gasteiger partial charge in [0.1, 0.15) is 5.92 Å². The van der Waals surface area contributed by atoms with E-state index in [4.69, 9.17) is 11.6 Å². The Labute approximate surface area is 126 Å². The molecule has 110 valence electrons. The number of amides is 1. The topological polar surface area (TPSA) is 71.5 Å². The summed E-state index contributed by atoms with van der Waals surface area (Å²) in [6.45, 7) is 1.17. The van der Waals surface area contributed by atoms with Gasteiger partial charge in [-0.3, -0.25) is 19.2 Å². The SMILES string of the molecule is CCC(=O)C1C(=O)CN(C(=O)c2ccc(Cl)cc2)CC1=O. The van der Waals surface area contributed by atoms with Gasteiger partial charge in [-0.05, 0) is 24.3 Å². The minimum Gasteiger partial charge on any atom is -0.324 e. The Balaban J connectivity index is 2.15. The van der Waals surface area contributed by atoms with Gasteiger partial charge in [-0.25, -0.2) is 0 Å². The number of nitrogens with zero attached hydrogens (tertiary/aromatic N) is 1. The van der Waals surface area contributed by atoms with Crippen LogP contribution in [0.4, 0.5) is 0 Å². The Morgan fingerprint density at radius 1 is 1.14 bits per heavy atom. The summed E-state index contributed by atoms with van der Waals surface area (Å²) in [5, 5.41) is 0.492. The fourth-order valence-corrected chi connectivity index (χ4v) is 2.40. The summed E-state index contributed by atoms with van der Waals surface area (Å²) >= 11 is 5.75. The van der Waals surface area contributed by atoms with Crippen LogP contribution in [0.15, 0.2) is 24.3 Å². The first kappa shape index (κ1) is 15.4. The molecule has 1 saturated heterocycles. The maximum Gasteiger partial charge on any atom is 0.254 e. The molecule has 1 aliphatic rings. The van der Waals surface area contributed by atoms with Crippen molar-refractivity contribution in [3.8, 4) is 0 Å². The van der Waals surface area contributed by atoms with Crippen molar-refractivity contribution in [1.29, 1.82) is 0 Å². The van der Waals surface area contributed by atoms with Gasteiger partial charge in [0, 0.05) is 17.0 Å². The van der Waals surface area contributed by atoms with Gasteiger partial charge in [-0.15, -0.1) is 0 Å². The second-order valence-electron chi connectivity index (χ2n) is 4.85. The lowest BCUT2D eigenvalue weighted by Crippen LogP contribution is -2.52. The van der Waals surface area contributed by atoms with Crippen molar-refractivity contribution < 1.29 is 19.2 Å². The highest BCUT2D eigenvalue weighted by atomic mass is 35.5. The number of likely N-dealkylation sites (tertiary alicyclic amines) is 1. The van der Waals surface area contributed by atoms with E-state index in [2.05, 4.69) is 0 Å². The zero-order valence-electron chi connectivity index (χ0n) is 11.5. The van der Waals surface area contributed by atoms with Crippen LogP contribution in [0.2, 0.25) is 5.02 Å². The van der Waals surface area contributed by atoms with E-state index in [0.29, 0.717) is 10.6 Å². The molecule has 1 aliphatic heterocycles. The first-order valence-corrected chi connectivity index (χ1v) is 6.94. The smallest absolute Gasteiger partial charge is 0.254 e. The highest BCUT2D eigenvalue weighted by molar-refractivity contribution is 6.30. The number of carbonyl (C=O) groups is 4. The molecule has 0 unspecified atom stereocenters. The standard InChI is InChI=1S/C15H14ClNO4/c1-2-11(18)14-12(19)7-17(8-13(14)20)15(21)9-3-5-10(16)6-4-9/h3-6,14H,2,7-8H2,1H3. The molecule has 6 heteroatoms. The van der Waals surface area contributed by atoms with E-state index < -0.39 is 23.4 Å². The number of Topliss-reactive ketones (excluding diaryl/α,β-unsaturated/α-hetero) is 3. The summed E-state index contributed by atoms with van der Waals surface area (Å²) in [6, 6.07) is 6.18. The van der Waals surface area contributed by atoms with Gasteiger partial charge in [0.15, 0.2) is 17.3 Å². The predicted octanol–water partition coefficient (Wildman–Crippen LogP) is 1.53. The van der Waals surface area contributed by atoms with E-state index in [-0.39, 0.29) is 25.3 Å². The van der Waals surface area contributed by atoms with Crippen molar-refractivity contribution in [2.24, 2.45) is 5.92 Å². The Kier molecular flexibility index (Phi) is 4.53. The minimum atomic E-state index is -1.20. The molecule has 21 heavy (non-hydrogen) atoms. The zero-order chi connectivity index (χ0) is 15.6. The summed E-state index contributed by atoms with van der Waals surface area (Å²) in [4.78, 5) is 48.9. The number of hydrogen-bond acceptors (Lipinski definition) is 4. The Morgan fingerprint density at radius 3 is 2.14 bits per heavy atom. The van der Waals surface area contributed by atoms with Crippen LogP contribution in [0.5, 0.6) is 0 Å². The fourth-order valence-electron chi connectivity index (χ4n) is 2.28. The lowest BCUT2D eigenvalue weighted by atomic mass is 9.88. The molecule has 0 atom stereocenters. The second kappa shape index (κ2) is 6.18. The van der Waals surface area contributed by atoms with E-state index in [1.807, 2.05) is 0 Å². The molecule has 1 aromatic rings. The van der Waals surface area contributed by atoms with Crippen LogP contribution < -0.4 is 0 Å². The molecule has 1 aromatic carbocycles. The number of hydrogen-bond donors (Lipinski definition) is 0. The molecule has 0 radical (unpaired) electrons. The zero-order valence-corrected chi connectivity index (χ0v) is 12.2. The third kappa shape index (κ3) is 3.19. The van der Waals surface area contributed by atoms with Gasteiger partial charge < -0.3 is 4.90 Å². The van der Waals surface area contributed by atoms with Crippen molar-refractivity contribution in [3.05, 3.63) is 34.9 Å². The first-order chi connectivity index (χ1) is 9.93. The Morgan fingerprint density at radius 2 is 1.67 bits per heavy atom. The largest absolute Gasteiger partial charge is 0.324 e. The van der Waals surface area contributed by atoms with E-state index in [1.165, 1.54) is 12.1 Å². The highest BCUT2D eigenvalue weighted by Gasteiger charge is 2.39. The molecule has 2 rings (SSSR count). The Bertz CT molecular complexity index is 591. The number of carbonyl (C=O) groups excluding carboxylic acids is 4. The molecule has 1 heterocycles. The average molecular weight is 308 g/mol. The summed E-state index contributed by atoms with van der Waals surface area (Å²) in [5.74, 6) is -3.04. The summed E-state index contributed by atoms with van der Waals surface area (Å²) in [6.07, 6.45) is 0.132. The summed E-state index contributed by atoms with van der Waals surface area (Å²) < 4.78 is 0. The molecule has 0 N–H and O–H groups in total. The summed E-state index contributed by atoms with van der Waals surface area (Å²) in [7, 11) is 0. The molecule has 0 aromatic heterocycles. The van der Waals surface area contributed by atoms with Crippen molar-refractivity contribution in [1.82, 2.24) is 4.90 Å². The third-order valence-corrected chi connectivity index (χ3v) is 3.64. The van der Waals surface area contributed by atoms with Crippen LogP contribution in [-0.4, -0.2) is 41.2 Å². The van der Waals surface area contributed by atoms with Crippen LogP contribution in [-0.2, 0) is 14.4 Å². The molecular formula is C15H14ClNO4. The van der Waals surface area contributed by atoms with Gasteiger partial charge >= 0.3 is 0 Å². The number of piperidine rings is 1. The van der Waals surface area contributed by atoms with Crippen LogP contribution in [0.1, 0.15) is 23.7 Å². The van der Waals surface area contributed by atoms with Crippen LogP contribution in [0.25, 0.3) is 0 Å². The van der Waals surface area contributed by atoms with E-state index in [9.17, 15) is 19.2 Å². The second-order valence-corrected chi connectivity index (χ2v) is 5.29. The maximum absolute atomic E-state index is 12.2. The molecule has 5 nitrogen and oxygen atoms in total. The van der Waals surface area contributed by atoms with E-state index >= 15 is 0 Å². The van der Waals surface area contributed by atoms with Crippen molar-refractivity contribution in [2.75, 3.05) is 13.1 Å². The summed E-state index contributed by atoms with van der Waals surface area (Å²) in [5.41, 5.74) is 0.347. The monoisotopic (exact) mass is 307 g/mol. The van der Waals surface area contributed by atoms with E-state index in [1.54, 1.807) is 19.1 Å². The number of benzene rings is 1. The minimum absolute atomic E-state index is 0.132. The molecule has 1 amide bonds. The molecule has 0 aliphatic carbocycles. The number of ketones is 3. The van der Waals surface area contributed by atoms with Crippen LogP contribution in [0.3, 0.4) is 0 Å². The van der Waals surface area contributed by atoms with Crippen LogP contribution >= 0.6 is 11.6 Å². The third-order valence-electron chi connectivity index (χ3n) is 3.39. The molecular weight excluding hydrogens is 294 g/mol. The van der Waals surface area contributed by atoms with Gasteiger partial charge in [0.05, 0.1) is 13.1 Å². The number of halogens is 1. The van der Waals surface area contributed by atoms with Gasteiger partial charge in [-0.1, -0.05) is 18.5 Å². The molecule has 0 spiro atoms.